The molecule has 52 heavy (non-hydrogen) atoms. The van der Waals surface area contributed by atoms with Crippen LogP contribution in [0.1, 0.15) is 63.6 Å². The van der Waals surface area contributed by atoms with Gasteiger partial charge in [-0.2, -0.15) is 5.26 Å². The highest BCUT2D eigenvalue weighted by atomic mass is 31.2. The Bertz CT molecular complexity index is 1600. The molecule has 0 bridgehead atoms. The van der Waals surface area contributed by atoms with Gasteiger partial charge >= 0.3 is 6.03 Å². The molecule has 2 fully saturated rings. The standard InChI is InChI=1S/C39H49N4O8P/c1-27(2)43(28(3)4)52(49-24-10-22-40)51-34-25-37(42-23-21-36(44)41-38(42)45)50-35(34)26-48-39(29-11-8-7-9-12-29,30-13-17-32(46-5)18-14-30)31-15-19-33(47-6)20-16-31/h7-9,11-20,27-28,34-35,37H,10,21,23-26H2,1-6H3,(H,41,44,45)/t34-,35+,37+,52?/m1/s1. The van der Waals surface area contributed by atoms with Crippen LogP contribution in [0.4, 0.5) is 4.79 Å². The van der Waals surface area contributed by atoms with Crippen LogP contribution in [0.15, 0.2) is 78.9 Å². The molecule has 5 rings (SSSR count). The minimum absolute atomic E-state index is 0.0627. The van der Waals surface area contributed by atoms with Crippen LogP contribution >= 0.6 is 8.53 Å². The van der Waals surface area contributed by atoms with Crippen LogP contribution in [0.5, 0.6) is 11.5 Å². The molecule has 0 spiro atoms. The van der Waals surface area contributed by atoms with Crippen molar-refractivity contribution in [1.29, 1.82) is 5.26 Å². The lowest BCUT2D eigenvalue weighted by Gasteiger charge is -2.39. The molecule has 12 nitrogen and oxygen atoms in total. The first-order chi connectivity index (χ1) is 25.1. The molecule has 2 aliphatic rings. The Morgan fingerprint density at radius 1 is 0.923 bits per heavy atom. The number of carbonyl (C=O) groups excluding carboxylic acids is 2. The van der Waals surface area contributed by atoms with E-state index in [4.69, 9.17) is 28.0 Å². The van der Waals surface area contributed by atoms with E-state index in [1.54, 1.807) is 14.2 Å². The lowest BCUT2D eigenvalue weighted by molar-refractivity contribution is -0.125. The van der Waals surface area contributed by atoms with E-state index >= 15 is 0 Å². The molecule has 3 aromatic carbocycles. The van der Waals surface area contributed by atoms with Gasteiger partial charge in [-0.15, -0.1) is 0 Å². The largest absolute Gasteiger partial charge is 0.497 e. The first-order valence-electron chi connectivity index (χ1n) is 17.6. The molecule has 13 heteroatoms. The van der Waals surface area contributed by atoms with Crippen LogP contribution in [0.25, 0.3) is 0 Å². The van der Waals surface area contributed by atoms with E-state index in [1.807, 2.05) is 78.9 Å². The summed E-state index contributed by atoms with van der Waals surface area (Å²) in [5.41, 5.74) is 1.49. The summed E-state index contributed by atoms with van der Waals surface area (Å²) in [6.45, 7) is 8.80. The van der Waals surface area contributed by atoms with Crippen molar-refractivity contribution in [3.05, 3.63) is 95.6 Å². The van der Waals surface area contributed by atoms with Crippen LogP contribution in [0, 0.1) is 11.3 Å². The smallest absolute Gasteiger partial charge is 0.326 e. The zero-order valence-corrected chi connectivity index (χ0v) is 31.6. The van der Waals surface area contributed by atoms with E-state index in [2.05, 4.69) is 43.8 Å². The van der Waals surface area contributed by atoms with Crippen molar-refractivity contribution in [2.24, 2.45) is 0 Å². The Morgan fingerprint density at radius 3 is 2.02 bits per heavy atom. The molecule has 0 aromatic heterocycles. The molecule has 0 radical (unpaired) electrons. The van der Waals surface area contributed by atoms with Gasteiger partial charge < -0.3 is 28.0 Å². The summed E-state index contributed by atoms with van der Waals surface area (Å²) in [7, 11) is 1.62. The summed E-state index contributed by atoms with van der Waals surface area (Å²) in [5, 5.41) is 11.7. The maximum Gasteiger partial charge on any atom is 0.326 e. The number of ether oxygens (including phenoxy) is 4. The van der Waals surface area contributed by atoms with E-state index in [1.165, 1.54) is 4.90 Å². The normalized spacial score (nSPS) is 19.9. The molecule has 4 atom stereocenters. The number of nitrogens with zero attached hydrogens (tertiary/aromatic N) is 3. The molecule has 0 aliphatic carbocycles. The molecule has 2 aliphatic heterocycles. The first-order valence-corrected chi connectivity index (χ1v) is 18.7. The lowest BCUT2D eigenvalue weighted by Crippen LogP contribution is -2.53. The number of imide groups is 1. The predicted octanol–water partition coefficient (Wildman–Crippen LogP) is 6.73. The van der Waals surface area contributed by atoms with Crippen molar-refractivity contribution >= 4 is 20.5 Å². The fourth-order valence-electron chi connectivity index (χ4n) is 6.70. The van der Waals surface area contributed by atoms with Crippen LogP contribution in [0.3, 0.4) is 0 Å². The molecule has 278 valence electrons. The first kappa shape index (κ1) is 39.1. The number of benzene rings is 3. The quantitative estimate of drug-likeness (QED) is 0.0906. The monoisotopic (exact) mass is 732 g/mol. The fourth-order valence-corrected chi connectivity index (χ4v) is 8.46. The van der Waals surface area contributed by atoms with E-state index in [0.717, 1.165) is 16.7 Å². The molecule has 1 unspecified atom stereocenters. The van der Waals surface area contributed by atoms with Gasteiger partial charge in [0.15, 0.2) is 0 Å². The highest BCUT2D eigenvalue weighted by Crippen LogP contribution is 2.50. The molecule has 3 amide bonds. The molecular formula is C39H49N4O8P. The number of hydrogen-bond donors (Lipinski definition) is 1. The van der Waals surface area contributed by atoms with Gasteiger partial charge in [-0.25, -0.2) is 9.46 Å². The van der Waals surface area contributed by atoms with Gasteiger partial charge in [-0.1, -0.05) is 54.6 Å². The third-order valence-electron chi connectivity index (χ3n) is 9.14. The van der Waals surface area contributed by atoms with Crippen LogP contribution in [-0.2, 0) is 28.9 Å². The minimum atomic E-state index is -1.64. The highest BCUT2D eigenvalue weighted by molar-refractivity contribution is 7.44. The zero-order chi connectivity index (χ0) is 37.3. The van der Waals surface area contributed by atoms with Gasteiger partial charge in [-0.3, -0.25) is 15.0 Å². The Hall–Kier alpha value is -4.08. The van der Waals surface area contributed by atoms with E-state index in [9.17, 15) is 14.9 Å². The van der Waals surface area contributed by atoms with Gasteiger partial charge in [-0.05, 0) is 68.7 Å². The minimum Gasteiger partial charge on any atom is -0.497 e. The molecule has 0 saturated carbocycles. The predicted molar refractivity (Wildman–Crippen MR) is 196 cm³/mol. The maximum atomic E-state index is 13.0. The van der Waals surface area contributed by atoms with Crippen molar-refractivity contribution in [2.45, 2.75) is 83.1 Å². The van der Waals surface area contributed by atoms with Gasteiger partial charge in [0.1, 0.15) is 29.4 Å². The number of rotatable bonds is 17. The number of urea groups is 1. The SMILES string of the molecule is COc1ccc(C(OC[C@@H]2O[C@H](N3CCC(=O)NC3=O)C[C@H]2OP(OCCC#N)N(C(C)C)C(C)C)(c2ccccc2)c2ccc(OC)cc2)cc1. The topological polar surface area (TPSA) is 132 Å². The van der Waals surface area contributed by atoms with E-state index in [0.29, 0.717) is 17.9 Å². The molecule has 1 N–H and O–H groups in total. The Balaban J connectivity index is 1.56. The van der Waals surface area contributed by atoms with E-state index in [-0.39, 0.29) is 50.6 Å². The summed E-state index contributed by atoms with van der Waals surface area (Å²) in [6, 6.07) is 27.4. The third-order valence-corrected chi connectivity index (χ3v) is 11.3. The van der Waals surface area contributed by atoms with Crippen molar-refractivity contribution in [1.82, 2.24) is 14.9 Å². The second kappa shape index (κ2) is 18.1. The highest BCUT2D eigenvalue weighted by Gasteiger charge is 2.47. The lowest BCUT2D eigenvalue weighted by atomic mass is 9.80. The summed E-state index contributed by atoms with van der Waals surface area (Å²) in [6.07, 6.45) is -1.19. The Kier molecular flexibility index (Phi) is 13.6. The number of nitriles is 1. The van der Waals surface area contributed by atoms with Crippen molar-refractivity contribution in [2.75, 3.05) is 34.0 Å². The second-order valence-electron chi connectivity index (χ2n) is 13.2. The molecular weight excluding hydrogens is 683 g/mol. The average Bonchev–Trinajstić information content (AvgIpc) is 3.54. The average molecular weight is 733 g/mol. The second-order valence-corrected chi connectivity index (χ2v) is 14.6. The third kappa shape index (κ3) is 8.92. The Labute approximate surface area is 307 Å². The van der Waals surface area contributed by atoms with Gasteiger partial charge in [0, 0.05) is 31.5 Å². The van der Waals surface area contributed by atoms with Gasteiger partial charge in [0.05, 0.1) is 46.0 Å². The summed E-state index contributed by atoms with van der Waals surface area (Å²) >= 11 is 0. The van der Waals surface area contributed by atoms with Gasteiger partial charge in [0.25, 0.3) is 8.53 Å². The fraction of sp³-hybridized carbons (Fsp3) is 0.462. The number of amides is 3. The molecule has 2 saturated heterocycles. The van der Waals surface area contributed by atoms with E-state index < -0.39 is 38.6 Å². The number of methoxy groups -OCH3 is 2. The zero-order valence-electron chi connectivity index (χ0n) is 30.7. The van der Waals surface area contributed by atoms with Crippen LogP contribution < -0.4 is 14.8 Å². The van der Waals surface area contributed by atoms with Crippen molar-refractivity contribution in [3.63, 3.8) is 0 Å². The number of carbonyl (C=O) groups is 2. The summed E-state index contributed by atoms with van der Waals surface area (Å²) < 4.78 is 40.2. The van der Waals surface area contributed by atoms with Gasteiger partial charge in [0.2, 0.25) is 5.91 Å². The number of nitrogens with one attached hydrogen (secondary N) is 1. The molecule has 3 aromatic rings. The summed E-state index contributed by atoms with van der Waals surface area (Å²) in [5.74, 6) is 1.09. The van der Waals surface area contributed by atoms with Crippen LogP contribution in [0.2, 0.25) is 0 Å². The Morgan fingerprint density at radius 2 is 1.50 bits per heavy atom. The maximum absolute atomic E-state index is 13.0. The van der Waals surface area contributed by atoms with Crippen LogP contribution in [-0.4, -0.2) is 86.0 Å². The van der Waals surface area contributed by atoms with Crippen molar-refractivity contribution < 1.29 is 37.6 Å². The molecule has 2 heterocycles. The number of hydrogen-bond acceptors (Lipinski definition) is 10. The summed E-state index contributed by atoms with van der Waals surface area (Å²) in [4.78, 5) is 26.6. The van der Waals surface area contributed by atoms with Crippen molar-refractivity contribution in [3.8, 4) is 17.6 Å².